The minimum absolute atomic E-state index is 0.0719. The van der Waals surface area contributed by atoms with Crippen LogP contribution in [0.3, 0.4) is 0 Å². The summed E-state index contributed by atoms with van der Waals surface area (Å²) < 4.78 is 37.5. The van der Waals surface area contributed by atoms with Gasteiger partial charge in [0.1, 0.15) is 0 Å². The Balaban J connectivity index is 2.81. The number of nitrogens with two attached hydrogens (primary N) is 1. The van der Waals surface area contributed by atoms with Crippen LogP contribution in [-0.2, 0) is 0 Å². The maximum absolute atomic E-state index is 12.5. The van der Waals surface area contributed by atoms with Gasteiger partial charge in [-0.2, -0.15) is 18.3 Å². The number of nitrogens with zero attached hydrogens (tertiary/aromatic N) is 3. The highest BCUT2D eigenvalue weighted by molar-refractivity contribution is 6.32. The third-order valence-electron chi connectivity index (χ3n) is 3.98. The number of halogens is 3. The highest BCUT2D eigenvalue weighted by atomic mass is 19.4. The van der Waals surface area contributed by atoms with Crippen molar-refractivity contribution in [2.24, 2.45) is 20.9 Å². The Kier molecular flexibility index (Phi) is 11.7. The zero-order valence-corrected chi connectivity index (χ0v) is 18.7. The minimum atomic E-state index is -4.32. The van der Waals surface area contributed by atoms with Crippen LogP contribution in [0.25, 0.3) is 0 Å². The largest absolute Gasteiger partial charge is 0.392 e. The Morgan fingerprint density at radius 1 is 1.21 bits per heavy atom. The minimum Gasteiger partial charge on any atom is -0.379 e. The van der Waals surface area contributed by atoms with Crippen LogP contribution in [0.15, 0.2) is 99.5 Å². The summed E-state index contributed by atoms with van der Waals surface area (Å²) in [6, 6.07) is 7.34. The number of hydrazone groups is 1. The Labute approximate surface area is 192 Å². The molecule has 0 aromatic heterocycles. The van der Waals surface area contributed by atoms with E-state index >= 15 is 0 Å². The normalized spacial score (nSPS) is 13.8. The quantitative estimate of drug-likeness (QED) is 0.160. The highest BCUT2D eigenvalue weighted by Crippen LogP contribution is 2.21. The zero-order chi connectivity index (χ0) is 24.7. The molecule has 1 rings (SSSR count). The molecule has 0 spiro atoms. The lowest BCUT2D eigenvalue weighted by molar-refractivity contribution is -0.125. The fraction of sp³-hybridized carbons (Fsp3) is 0.208. The summed E-state index contributed by atoms with van der Waals surface area (Å²) in [6.45, 7) is 11.1. The van der Waals surface area contributed by atoms with E-state index < -0.39 is 12.6 Å². The number of aliphatic imine (C=N–C) groups is 2. The lowest BCUT2D eigenvalue weighted by Crippen LogP contribution is -2.24. The lowest BCUT2D eigenvalue weighted by Gasteiger charge is -2.10. The van der Waals surface area contributed by atoms with E-state index in [4.69, 9.17) is 5.84 Å². The third-order valence-corrected chi connectivity index (χ3v) is 3.98. The summed E-state index contributed by atoms with van der Waals surface area (Å²) in [7, 11) is 0. The van der Waals surface area contributed by atoms with Crippen molar-refractivity contribution in [3.63, 3.8) is 0 Å². The van der Waals surface area contributed by atoms with E-state index in [1.165, 1.54) is 18.5 Å². The Morgan fingerprint density at radius 2 is 1.91 bits per heavy atom. The second-order valence-corrected chi connectivity index (χ2v) is 6.77. The number of alkyl halides is 3. The zero-order valence-electron chi connectivity index (χ0n) is 18.7. The fourth-order valence-corrected chi connectivity index (χ4v) is 2.29. The molecule has 0 radical (unpaired) electrons. The maximum Gasteiger partial charge on any atom is 0.392 e. The summed E-state index contributed by atoms with van der Waals surface area (Å²) in [5.74, 6) is 5.39. The Morgan fingerprint density at radius 3 is 2.45 bits per heavy atom. The first-order chi connectivity index (χ1) is 15.7. The molecule has 6 nitrogen and oxygen atoms in total. The lowest BCUT2D eigenvalue weighted by atomic mass is 10.2. The topological polar surface area (TPSA) is 87.2 Å². The average molecular weight is 459 g/mol. The van der Waals surface area contributed by atoms with E-state index in [9.17, 15) is 13.2 Å². The molecular formula is C24H29F3N6. The molecule has 0 aliphatic carbocycles. The summed E-state index contributed by atoms with van der Waals surface area (Å²) >= 11 is 0. The first kappa shape index (κ1) is 27.2. The first-order valence-electron chi connectivity index (χ1n) is 9.98. The average Bonchev–Trinajstić information content (AvgIpc) is 2.77. The number of nitrogens with one attached hydrogen (secondary N) is 2. The predicted molar refractivity (Wildman–Crippen MR) is 133 cm³/mol. The van der Waals surface area contributed by atoms with Gasteiger partial charge in [0, 0.05) is 23.3 Å². The highest BCUT2D eigenvalue weighted by Gasteiger charge is 2.25. The molecule has 0 aliphatic rings. The van der Waals surface area contributed by atoms with Gasteiger partial charge in [-0.1, -0.05) is 24.8 Å². The molecule has 1 aromatic rings. The van der Waals surface area contributed by atoms with Crippen LogP contribution in [0.4, 0.5) is 24.5 Å². The van der Waals surface area contributed by atoms with E-state index in [0.717, 1.165) is 23.0 Å². The number of rotatable bonds is 12. The van der Waals surface area contributed by atoms with Gasteiger partial charge in [-0.3, -0.25) is 9.98 Å². The molecule has 9 heteroatoms. The smallest absolute Gasteiger partial charge is 0.379 e. The van der Waals surface area contributed by atoms with Crippen LogP contribution >= 0.6 is 0 Å². The van der Waals surface area contributed by atoms with Crippen molar-refractivity contribution >= 4 is 30.0 Å². The molecular weight excluding hydrogens is 429 g/mol. The monoisotopic (exact) mass is 458 g/mol. The van der Waals surface area contributed by atoms with Gasteiger partial charge in [-0.05, 0) is 62.6 Å². The van der Waals surface area contributed by atoms with Gasteiger partial charge in [-0.15, -0.1) is 0 Å². The summed E-state index contributed by atoms with van der Waals surface area (Å²) in [4.78, 5) is 7.82. The fourth-order valence-electron chi connectivity index (χ4n) is 2.29. The number of anilines is 1. The second-order valence-electron chi connectivity index (χ2n) is 6.77. The molecule has 0 atom stereocenters. The standard InChI is InChI=1S/C24H29F3N6/c1-5-6-7-23(18(2)3)32-21-10-8-19(9-11-21)30-16-22(33-28)17-31-20(13-15-29-4)12-14-24(25,26)27/h5-13,15-16,31-32H,2,4,14,17,28H2,1,3H3/b6-5-,15-13-,20-12+,23-7+,30-16?,33-22?. The van der Waals surface area contributed by atoms with Gasteiger partial charge in [0.05, 0.1) is 30.6 Å². The summed E-state index contributed by atoms with van der Waals surface area (Å²) in [5.41, 5.74) is 3.86. The molecule has 0 bridgehead atoms. The molecule has 0 saturated heterocycles. The van der Waals surface area contributed by atoms with Crippen LogP contribution in [0, 0.1) is 0 Å². The Bertz CT molecular complexity index is 965. The molecule has 0 unspecified atom stereocenters. The third kappa shape index (κ3) is 11.9. The molecule has 0 aliphatic heterocycles. The van der Waals surface area contributed by atoms with Gasteiger partial charge < -0.3 is 16.5 Å². The van der Waals surface area contributed by atoms with Crippen molar-refractivity contribution in [1.82, 2.24) is 5.32 Å². The summed E-state index contributed by atoms with van der Waals surface area (Å²) in [6.07, 6.45) is 5.48. The predicted octanol–water partition coefficient (Wildman–Crippen LogP) is 5.79. The van der Waals surface area contributed by atoms with Crippen molar-refractivity contribution in [2.75, 3.05) is 11.9 Å². The first-order valence-corrected chi connectivity index (χ1v) is 9.98. The molecule has 4 N–H and O–H groups in total. The van der Waals surface area contributed by atoms with Crippen molar-refractivity contribution < 1.29 is 13.2 Å². The molecule has 0 amide bonds. The van der Waals surface area contributed by atoms with Crippen molar-refractivity contribution in [1.29, 1.82) is 0 Å². The van der Waals surface area contributed by atoms with Crippen molar-refractivity contribution in [2.45, 2.75) is 26.4 Å². The van der Waals surface area contributed by atoms with Gasteiger partial charge in [0.2, 0.25) is 0 Å². The van der Waals surface area contributed by atoms with Crippen LogP contribution < -0.4 is 16.5 Å². The van der Waals surface area contributed by atoms with Crippen molar-refractivity contribution in [3.8, 4) is 0 Å². The molecule has 176 valence electrons. The second kappa shape index (κ2) is 14.2. The summed E-state index contributed by atoms with van der Waals surface area (Å²) in [5, 5.41) is 9.74. The van der Waals surface area contributed by atoms with E-state index in [2.05, 4.69) is 39.0 Å². The number of hydrogen-bond acceptors (Lipinski definition) is 6. The number of allylic oxidation sites excluding steroid dienone is 6. The van der Waals surface area contributed by atoms with Crippen LogP contribution in [-0.4, -0.2) is 31.4 Å². The number of hydrogen-bond donors (Lipinski definition) is 3. The van der Waals surface area contributed by atoms with E-state index in [1.807, 2.05) is 44.2 Å². The van der Waals surface area contributed by atoms with Gasteiger partial charge in [0.15, 0.2) is 0 Å². The van der Waals surface area contributed by atoms with E-state index in [1.54, 1.807) is 12.1 Å². The van der Waals surface area contributed by atoms with Gasteiger partial charge >= 0.3 is 6.18 Å². The van der Waals surface area contributed by atoms with E-state index in [-0.39, 0.29) is 12.2 Å². The van der Waals surface area contributed by atoms with Gasteiger partial charge in [-0.25, -0.2) is 0 Å². The molecule has 0 saturated carbocycles. The Hall–Kier alpha value is -3.88. The maximum atomic E-state index is 12.5. The van der Waals surface area contributed by atoms with Gasteiger partial charge in [0.25, 0.3) is 0 Å². The molecule has 1 aromatic carbocycles. The molecule has 0 fully saturated rings. The number of benzene rings is 1. The SMILES string of the molecule is C=N/C=C\C(=C/CC(F)(F)F)NCC(C=Nc1ccc(N/C(=C/C=C\C)C(=C)C)cc1)=NN. The van der Waals surface area contributed by atoms with Crippen LogP contribution in [0.5, 0.6) is 0 Å². The molecule has 0 heterocycles. The van der Waals surface area contributed by atoms with Crippen LogP contribution in [0.1, 0.15) is 20.3 Å². The van der Waals surface area contributed by atoms with Crippen LogP contribution in [0.2, 0.25) is 0 Å². The molecule has 33 heavy (non-hydrogen) atoms. The van der Waals surface area contributed by atoms with Crippen molar-refractivity contribution in [3.05, 3.63) is 84.4 Å². The van der Waals surface area contributed by atoms with E-state index in [0.29, 0.717) is 11.4 Å².